The summed E-state index contributed by atoms with van der Waals surface area (Å²) in [6.07, 6.45) is 1.74. The number of amides is 2. The number of halogens is 1. The first-order valence-electron chi connectivity index (χ1n) is 8.99. The quantitative estimate of drug-likeness (QED) is 0.743. The third kappa shape index (κ3) is 3.58. The van der Waals surface area contributed by atoms with Crippen molar-refractivity contribution in [2.75, 3.05) is 36.4 Å². The molecular weight excluding hydrogens is 357 g/mol. The number of carbonyl (C=O) groups excluding carboxylic acids is 1. The van der Waals surface area contributed by atoms with Crippen molar-refractivity contribution in [1.29, 1.82) is 5.26 Å². The van der Waals surface area contributed by atoms with Gasteiger partial charge in [0, 0.05) is 49.1 Å². The van der Waals surface area contributed by atoms with Gasteiger partial charge in [0.15, 0.2) is 0 Å². The molecule has 2 amide bonds. The molecule has 1 aromatic heterocycles. The maximum absolute atomic E-state index is 13.0. The number of urea groups is 1. The van der Waals surface area contributed by atoms with Gasteiger partial charge in [-0.15, -0.1) is 0 Å². The van der Waals surface area contributed by atoms with Crippen LogP contribution in [0.3, 0.4) is 0 Å². The highest BCUT2D eigenvalue weighted by Gasteiger charge is 2.22. The van der Waals surface area contributed by atoms with Gasteiger partial charge >= 0.3 is 6.03 Å². The summed E-state index contributed by atoms with van der Waals surface area (Å²) in [6, 6.07) is 15.1. The van der Waals surface area contributed by atoms with Gasteiger partial charge in [-0.3, -0.25) is 4.98 Å². The molecule has 0 unspecified atom stereocenters. The Kier molecular flexibility index (Phi) is 4.77. The van der Waals surface area contributed by atoms with E-state index in [1.165, 1.54) is 12.1 Å². The van der Waals surface area contributed by atoms with Crippen LogP contribution in [0, 0.1) is 17.1 Å². The highest BCUT2D eigenvalue weighted by atomic mass is 19.1. The van der Waals surface area contributed by atoms with E-state index in [4.69, 9.17) is 5.26 Å². The lowest BCUT2D eigenvalue weighted by Crippen LogP contribution is -2.50. The van der Waals surface area contributed by atoms with Crippen molar-refractivity contribution in [3.8, 4) is 6.07 Å². The zero-order chi connectivity index (χ0) is 19.5. The van der Waals surface area contributed by atoms with Crippen LogP contribution in [-0.4, -0.2) is 42.1 Å². The van der Waals surface area contributed by atoms with Crippen molar-refractivity contribution < 1.29 is 9.18 Å². The molecule has 0 aliphatic carbocycles. The van der Waals surface area contributed by atoms with Crippen LogP contribution >= 0.6 is 0 Å². The molecule has 0 radical (unpaired) electrons. The SMILES string of the molecule is N#Cc1ccc2c(N3CCN(C(=O)Nc4ccc(F)cc4)CC3)ccnc2c1. The Morgan fingerprint density at radius 3 is 2.54 bits per heavy atom. The van der Waals surface area contributed by atoms with Gasteiger partial charge in [0.05, 0.1) is 17.1 Å². The Morgan fingerprint density at radius 1 is 1.07 bits per heavy atom. The predicted octanol–water partition coefficient (Wildman–Crippen LogP) is 3.60. The fourth-order valence-electron chi connectivity index (χ4n) is 3.36. The zero-order valence-corrected chi connectivity index (χ0v) is 15.1. The molecule has 0 bridgehead atoms. The number of nitrogens with zero attached hydrogens (tertiary/aromatic N) is 4. The number of carbonyl (C=O) groups is 1. The molecule has 0 atom stereocenters. The molecule has 0 spiro atoms. The number of fused-ring (bicyclic) bond motifs is 1. The highest BCUT2D eigenvalue weighted by molar-refractivity contribution is 5.93. The number of aromatic nitrogens is 1. The van der Waals surface area contributed by atoms with Gasteiger partial charge in [0.2, 0.25) is 0 Å². The summed E-state index contributed by atoms with van der Waals surface area (Å²) in [5, 5.41) is 12.9. The predicted molar refractivity (Wildman–Crippen MR) is 106 cm³/mol. The number of hydrogen-bond donors (Lipinski definition) is 1. The highest BCUT2D eigenvalue weighted by Crippen LogP contribution is 2.27. The number of pyridine rings is 1. The molecule has 1 saturated heterocycles. The van der Waals surface area contributed by atoms with Gasteiger partial charge < -0.3 is 15.1 Å². The molecule has 2 aromatic carbocycles. The average Bonchev–Trinajstić information content (AvgIpc) is 2.74. The maximum Gasteiger partial charge on any atom is 0.321 e. The number of anilines is 2. The van der Waals surface area contributed by atoms with E-state index in [1.54, 1.807) is 35.4 Å². The number of nitriles is 1. The minimum Gasteiger partial charge on any atom is -0.367 e. The topological polar surface area (TPSA) is 72.3 Å². The van der Waals surface area contributed by atoms with Crippen LogP contribution in [0.2, 0.25) is 0 Å². The molecule has 140 valence electrons. The molecule has 1 fully saturated rings. The van der Waals surface area contributed by atoms with Gasteiger partial charge in [0.1, 0.15) is 5.82 Å². The van der Waals surface area contributed by atoms with E-state index in [0.717, 1.165) is 16.6 Å². The number of rotatable bonds is 2. The smallest absolute Gasteiger partial charge is 0.321 e. The summed E-state index contributed by atoms with van der Waals surface area (Å²) in [5.41, 5.74) is 2.99. The fraction of sp³-hybridized carbons (Fsp3) is 0.190. The Morgan fingerprint density at radius 2 is 1.82 bits per heavy atom. The average molecular weight is 375 g/mol. The largest absolute Gasteiger partial charge is 0.367 e. The van der Waals surface area contributed by atoms with E-state index >= 15 is 0 Å². The third-order valence-electron chi connectivity index (χ3n) is 4.85. The normalized spacial score (nSPS) is 14.0. The lowest BCUT2D eigenvalue weighted by molar-refractivity contribution is 0.208. The van der Waals surface area contributed by atoms with Gasteiger partial charge in [-0.05, 0) is 48.5 Å². The monoisotopic (exact) mass is 375 g/mol. The molecule has 1 aliphatic rings. The van der Waals surface area contributed by atoms with E-state index in [0.29, 0.717) is 37.4 Å². The van der Waals surface area contributed by atoms with Gasteiger partial charge in [-0.1, -0.05) is 0 Å². The van der Waals surface area contributed by atoms with Crippen LogP contribution < -0.4 is 10.2 Å². The molecule has 3 aromatic rings. The van der Waals surface area contributed by atoms with E-state index in [9.17, 15) is 9.18 Å². The zero-order valence-electron chi connectivity index (χ0n) is 15.1. The molecular formula is C21H18FN5O. The Hall–Kier alpha value is -3.66. The third-order valence-corrected chi connectivity index (χ3v) is 4.85. The second kappa shape index (κ2) is 7.53. The number of hydrogen-bond acceptors (Lipinski definition) is 4. The maximum atomic E-state index is 13.0. The fourth-order valence-corrected chi connectivity index (χ4v) is 3.36. The molecule has 4 rings (SSSR count). The summed E-state index contributed by atoms with van der Waals surface area (Å²) in [7, 11) is 0. The number of piperazine rings is 1. The van der Waals surface area contributed by atoms with Crippen LogP contribution in [0.4, 0.5) is 20.6 Å². The standard InChI is InChI=1S/C21H18FN5O/c22-16-2-4-17(5-3-16)25-21(28)27-11-9-26(10-12-27)20-7-8-24-19-13-15(14-23)1-6-18(19)20/h1-8,13H,9-12H2,(H,25,28). The Labute approximate surface area is 161 Å². The first-order chi connectivity index (χ1) is 13.6. The first kappa shape index (κ1) is 17.7. The Balaban J connectivity index is 1.44. The van der Waals surface area contributed by atoms with Gasteiger partial charge in [0.25, 0.3) is 0 Å². The summed E-state index contributed by atoms with van der Waals surface area (Å²) < 4.78 is 13.0. The van der Waals surface area contributed by atoms with E-state index in [2.05, 4.69) is 21.3 Å². The number of nitrogens with one attached hydrogen (secondary N) is 1. The lowest BCUT2D eigenvalue weighted by atomic mass is 10.1. The molecule has 28 heavy (non-hydrogen) atoms. The van der Waals surface area contributed by atoms with Crippen molar-refractivity contribution in [2.45, 2.75) is 0 Å². The second-order valence-corrected chi connectivity index (χ2v) is 6.58. The van der Waals surface area contributed by atoms with Crippen LogP contribution in [0.15, 0.2) is 54.7 Å². The number of benzene rings is 2. The van der Waals surface area contributed by atoms with Crippen molar-refractivity contribution in [2.24, 2.45) is 0 Å². The Bertz CT molecular complexity index is 1050. The van der Waals surface area contributed by atoms with Crippen LogP contribution in [0.25, 0.3) is 10.9 Å². The first-order valence-corrected chi connectivity index (χ1v) is 8.99. The minimum atomic E-state index is -0.335. The van der Waals surface area contributed by atoms with E-state index in [1.807, 2.05) is 12.1 Å². The summed E-state index contributed by atoms with van der Waals surface area (Å²) in [6.45, 7) is 2.53. The molecule has 7 heteroatoms. The van der Waals surface area contributed by atoms with Crippen LogP contribution in [-0.2, 0) is 0 Å². The lowest BCUT2D eigenvalue weighted by Gasteiger charge is -2.36. The minimum absolute atomic E-state index is 0.190. The van der Waals surface area contributed by atoms with Crippen molar-refractivity contribution >= 4 is 28.3 Å². The van der Waals surface area contributed by atoms with Gasteiger partial charge in [-0.2, -0.15) is 5.26 Å². The van der Waals surface area contributed by atoms with E-state index in [-0.39, 0.29) is 11.8 Å². The van der Waals surface area contributed by atoms with Gasteiger partial charge in [-0.25, -0.2) is 9.18 Å². The van der Waals surface area contributed by atoms with E-state index < -0.39 is 0 Å². The summed E-state index contributed by atoms with van der Waals surface area (Å²) >= 11 is 0. The molecule has 2 heterocycles. The van der Waals surface area contributed by atoms with Crippen LogP contribution in [0.1, 0.15) is 5.56 Å². The van der Waals surface area contributed by atoms with Crippen molar-refractivity contribution in [1.82, 2.24) is 9.88 Å². The molecule has 1 aliphatic heterocycles. The molecule has 0 saturated carbocycles. The van der Waals surface area contributed by atoms with Crippen molar-refractivity contribution in [3.05, 3.63) is 66.1 Å². The molecule has 1 N–H and O–H groups in total. The van der Waals surface area contributed by atoms with Crippen LogP contribution in [0.5, 0.6) is 0 Å². The second-order valence-electron chi connectivity index (χ2n) is 6.58. The summed E-state index contributed by atoms with van der Waals surface area (Å²) in [5.74, 6) is -0.335. The van der Waals surface area contributed by atoms with Crippen molar-refractivity contribution in [3.63, 3.8) is 0 Å². The summed E-state index contributed by atoms with van der Waals surface area (Å²) in [4.78, 5) is 20.8. The molecule has 6 nitrogen and oxygen atoms in total.